The smallest absolute Gasteiger partial charge is 0.271 e. The number of H-pyrrole nitrogens is 1. The second-order valence-corrected chi connectivity index (χ2v) is 5.47. The fraction of sp³-hybridized carbons (Fsp3) is 0.667. The molecule has 3 rings (SSSR count). The highest BCUT2D eigenvalue weighted by Gasteiger charge is 2.31. The van der Waals surface area contributed by atoms with Crippen molar-refractivity contribution in [3.63, 3.8) is 0 Å². The molecule has 2 fully saturated rings. The van der Waals surface area contributed by atoms with E-state index in [2.05, 4.69) is 20.2 Å². The van der Waals surface area contributed by atoms with E-state index in [1.165, 1.54) is 25.7 Å². The van der Waals surface area contributed by atoms with Gasteiger partial charge in [0.15, 0.2) is 5.82 Å². The number of nitrogens with one attached hydrogen (secondary N) is 2. The minimum Gasteiger partial charge on any atom is -0.366 e. The maximum atomic E-state index is 11.4. The third-order valence-corrected chi connectivity index (χ3v) is 4.31. The topological polar surface area (TPSA) is 61.0 Å². The molecular weight excluding hydrogens is 252 g/mol. The van der Waals surface area contributed by atoms with E-state index < -0.39 is 0 Å². The second kappa shape index (κ2) is 4.90. The molecule has 2 aliphatic heterocycles. The molecule has 2 atom stereocenters. The molecular formula is C12H17ClN4O. The van der Waals surface area contributed by atoms with Crippen molar-refractivity contribution in [2.24, 2.45) is 0 Å². The third-order valence-electron chi connectivity index (χ3n) is 3.96. The van der Waals surface area contributed by atoms with Gasteiger partial charge in [-0.15, -0.1) is 0 Å². The number of fused-ring (bicyclic) bond motifs is 1. The highest BCUT2D eigenvalue weighted by Crippen LogP contribution is 2.28. The van der Waals surface area contributed by atoms with E-state index >= 15 is 0 Å². The Bertz CT molecular complexity index is 489. The van der Waals surface area contributed by atoms with Crippen LogP contribution in [0.15, 0.2) is 11.1 Å². The van der Waals surface area contributed by atoms with Crippen LogP contribution in [0.5, 0.6) is 0 Å². The molecule has 0 amide bonds. The van der Waals surface area contributed by atoms with Gasteiger partial charge in [0.05, 0.1) is 6.33 Å². The van der Waals surface area contributed by atoms with Crippen LogP contribution in [0.1, 0.15) is 25.7 Å². The lowest BCUT2D eigenvalue weighted by Crippen LogP contribution is -2.43. The third kappa shape index (κ3) is 2.24. The van der Waals surface area contributed by atoms with Crippen molar-refractivity contribution in [1.82, 2.24) is 14.9 Å². The maximum absolute atomic E-state index is 11.4. The largest absolute Gasteiger partial charge is 0.366 e. The van der Waals surface area contributed by atoms with Gasteiger partial charge in [-0.3, -0.25) is 4.79 Å². The van der Waals surface area contributed by atoms with Gasteiger partial charge in [0.25, 0.3) is 5.56 Å². The Morgan fingerprint density at radius 1 is 1.44 bits per heavy atom. The van der Waals surface area contributed by atoms with Crippen molar-refractivity contribution >= 4 is 17.4 Å². The van der Waals surface area contributed by atoms with Gasteiger partial charge in [0, 0.05) is 18.6 Å². The average molecular weight is 269 g/mol. The van der Waals surface area contributed by atoms with Crippen LogP contribution in [0.2, 0.25) is 5.02 Å². The molecule has 1 aromatic rings. The summed E-state index contributed by atoms with van der Waals surface area (Å²) in [5, 5.41) is 3.47. The van der Waals surface area contributed by atoms with Crippen molar-refractivity contribution in [1.29, 1.82) is 0 Å². The zero-order chi connectivity index (χ0) is 12.5. The fourth-order valence-corrected chi connectivity index (χ4v) is 3.19. The van der Waals surface area contributed by atoms with Crippen molar-refractivity contribution in [3.05, 3.63) is 21.7 Å². The van der Waals surface area contributed by atoms with Crippen molar-refractivity contribution in [3.8, 4) is 0 Å². The van der Waals surface area contributed by atoms with Crippen LogP contribution in [0.4, 0.5) is 5.82 Å². The lowest BCUT2D eigenvalue weighted by Gasteiger charge is -2.35. The number of hydrogen-bond donors (Lipinski definition) is 2. The maximum Gasteiger partial charge on any atom is 0.271 e. The number of halogens is 1. The van der Waals surface area contributed by atoms with Crippen LogP contribution in [0.25, 0.3) is 0 Å². The van der Waals surface area contributed by atoms with E-state index in [0.717, 1.165) is 19.4 Å². The summed E-state index contributed by atoms with van der Waals surface area (Å²) >= 11 is 5.94. The Balaban J connectivity index is 1.69. The number of aromatic amines is 1. The molecule has 6 heteroatoms. The summed E-state index contributed by atoms with van der Waals surface area (Å²) < 4.78 is 0. The van der Waals surface area contributed by atoms with Gasteiger partial charge >= 0.3 is 0 Å². The van der Waals surface area contributed by atoms with E-state index in [4.69, 9.17) is 11.6 Å². The Hall–Kier alpha value is -1.07. The summed E-state index contributed by atoms with van der Waals surface area (Å²) in [7, 11) is 0. The molecule has 2 N–H and O–H groups in total. The number of hydrogen-bond acceptors (Lipinski definition) is 4. The van der Waals surface area contributed by atoms with Crippen LogP contribution >= 0.6 is 11.6 Å². The van der Waals surface area contributed by atoms with Crippen LogP contribution < -0.4 is 10.9 Å². The molecule has 0 aromatic carbocycles. The number of piperidine rings is 1. The van der Waals surface area contributed by atoms with E-state index in [1.807, 2.05) is 0 Å². The minimum atomic E-state index is -0.285. The molecule has 3 heterocycles. The van der Waals surface area contributed by atoms with Crippen LogP contribution in [-0.4, -0.2) is 40.0 Å². The van der Waals surface area contributed by atoms with E-state index in [0.29, 0.717) is 17.9 Å². The SMILES string of the molecule is O=c1[nH]cnc(NC2CCN3CCCC3C2)c1Cl. The highest BCUT2D eigenvalue weighted by atomic mass is 35.5. The van der Waals surface area contributed by atoms with Gasteiger partial charge in [-0.2, -0.15) is 0 Å². The average Bonchev–Trinajstić information content (AvgIpc) is 2.82. The molecule has 0 radical (unpaired) electrons. The molecule has 2 saturated heterocycles. The zero-order valence-electron chi connectivity index (χ0n) is 10.2. The molecule has 98 valence electrons. The molecule has 5 nitrogen and oxygen atoms in total. The zero-order valence-corrected chi connectivity index (χ0v) is 10.9. The summed E-state index contributed by atoms with van der Waals surface area (Å²) in [4.78, 5) is 20.5. The number of rotatable bonds is 2. The number of aromatic nitrogens is 2. The van der Waals surface area contributed by atoms with E-state index in [1.54, 1.807) is 0 Å². The van der Waals surface area contributed by atoms with Gasteiger partial charge in [0.1, 0.15) is 5.02 Å². The van der Waals surface area contributed by atoms with Crippen molar-refractivity contribution < 1.29 is 0 Å². The number of anilines is 1. The molecule has 18 heavy (non-hydrogen) atoms. The van der Waals surface area contributed by atoms with Crippen molar-refractivity contribution in [2.45, 2.75) is 37.8 Å². The Kier molecular flexibility index (Phi) is 3.26. The van der Waals surface area contributed by atoms with Gasteiger partial charge < -0.3 is 15.2 Å². The summed E-state index contributed by atoms with van der Waals surface area (Å²) in [5.41, 5.74) is -0.285. The summed E-state index contributed by atoms with van der Waals surface area (Å²) in [6, 6.07) is 1.06. The quantitative estimate of drug-likeness (QED) is 0.853. The molecule has 2 unspecified atom stereocenters. The van der Waals surface area contributed by atoms with E-state index in [-0.39, 0.29) is 10.6 Å². The predicted octanol–water partition coefficient (Wildman–Crippen LogP) is 1.46. The normalized spacial score (nSPS) is 28.1. The van der Waals surface area contributed by atoms with Crippen LogP contribution in [0.3, 0.4) is 0 Å². The summed E-state index contributed by atoms with van der Waals surface area (Å²) in [5.74, 6) is 0.511. The first-order valence-electron chi connectivity index (χ1n) is 6.48. The first kappa shape index (κ1) is 12.0. The molecule has 0 saturated carbocycles. The van der Waals surface area contributed by atoms with E-state index in [9.17, 15) is 4.79 Å². The first-order chi connectivity index (χ1) is 8.74. The molecule has 0 aliphatic carbocycles. The predicted molar refractivity (Wildman–Crippen MR) is 71.1 cm³/mol. The standard InChI is InChI=1S/C12H17ClN4O/c13-10-11(14-7-15-12(10)18)16-8-3-5-17-4-1-2-9(17)6-8/h7-9H,1-6H2,(H2,14,15,16,18). The van der Waals surface area contributed by atoms with Gasteiger partial charge in [-0.1, -0.05) is 11.6 Å². The molecule has 0 bridgehead atoms. The van der Waals surface area contributed by atoms with Gasteiger partial charge in [-0.25, -0.2) is 4.98 Å². The monoisotopic (exact) mass is 268 g/mol. The highest BCUT2D eigenvalue weighted by molar-refractivity contribution is 6.32. The van der Waals surface area contributed by atoms with Crippen LogP contribution in [0, 0.1) is 0 Å². The summed E-state index contributed by atoms with van der Waals surface area (Å²) in [6.45, 7) is 2.37. The Morgan fingerprint density at radius 2 is 2.33 bits per heavy atom. The lowest BCUT2D eigenvalue weighted by molar-refractivity contribution is 0.188. The summed E-state index contributed by atoms with van der Waals surface area (Å²) in [6.07, 6.45) is 6.18. The van der Waals surface area contributed by atoms with Gasteiger partial charge in [0.2, 0.25) is 0 Å². The molecule has 2 aliphatic rings. The first-order valence-corrected chi connectivity index (χ1v) is 6.85. The Labute approximate surface area is 111 Å². The second-order valence-electron chi connectivity index (χ2n) is 5.09. The fourth-order valence-electron chi connectivity index (χ4n) is 3.03. The molecule has 0 spiro atoms. The van der Waals surface area contributed by atoms with Crippen LogP contribution in [-0.2, 0) is 0 Å². The Morgan fingerprint density at radius 3 is 3.22 bits per heavy atom. The van der Waals surface area contributed by atoms with Gasteiger partial charge in [-0.05, 0) is 32.2 Å². The van der Waals surface area contributed by atoms with Crippen molar-refractivity contribution in [2.75, 3.05) is 18.4 Å². The molecule has 1 aromatic heterocycles. The number of nitrogens with zero attached hydrogens (tertiary/aromatic N) is 2. The minimum absolute atomic E-state index is 0.159. The lowest BCUT2D eigenvalue weighted by atomic mass is 9.97.